The summed E-state index contributed by atoms with van der Waals surface area (Å²) in [5.41, 5.74) is -0.812. The zero-order chi connectivity index (χ0) is 22.4. The summed E-state index contributed by atoms with van der Waals surface area (Å²) in [5, 5.41) is 10.3. The zero-order valence-corrected chi connectivity index (χ0v) is 20.6. The number of aliphatic hydroxyl groups excluding tert-OH is 1. The first-order valence-corrected chi connectivity index (χ1v) is 13.5. The molecule has 0 aliphatic heterocycles. The maximum Gasteiger partial charge on any atom is 0.258 e. The SMILES string of the molecule is CC(C)CCC[C@@H](C)[C@H]1CC[C@H]2[C@@H]3CC4C(F)(F)C45C[C@@H](O)CC[C@]5(C)[C@H]3CC[C@]12C. The van der Waals surface area contributed by atoms with Crippen LogP contribution in [-0.4, -0.2) is 17.1 Å². The van der Waals surface area contributed by atoms with Crippen molar-refractivity contribution in [2.45, 2.75) is 117 Å². The number of fused-ring (bicyclic) bond motifs is 4. The van der Waals surface area contributed by atoms with Crippen molar-refractivity contribution in [2.75, 3.05) is 0 Å². The van der Waals surface area contributed by atoms with Crippen LogP contribution in [0.25, 0.3) is 0 Å². The van der Waals surface area contributed by atoms with Gasteiger partial charge in [0.25, 0.3) is 5.92 Å². The monoisotopic (exact) mass is 436 g/mol. The van der Waals surface area contributed by atoms with Gasteiger partial charge < -0.3 is 5.11 Å². The average molecular weight is 437 g/mol. The van der Waals surface area contributed by atoms with Gasteiger partial charge in [0.1, 0.15) is 0 Å². The van der Waals surface area contributed by atoms with Gasteiger partial charge in [0.2, 0.25) is 0 Å². The van der Waals surface area contributed by atoms with E-state index in [-0.39, 0.29) is 5.41 Å². The Morgan fingerprint density at radius 1 is 0.935 bits per heavy atom. The lowest BCUT2D eigenvalue weighted by Gasteiger charge is -2.60. The van der Waals surface area contributed by atoms with Gasteiger partial charge in [0.15, 0.2) is 0 Å². The van der Waals surface area contributed by atoms with Crippen LogP contribution in [0.1, 0.15) is 105 Å². The third-order valence-electron chi connectivity index (χ3n) is 12.1. The Labute approximate surface area is 189 Å². The predicted molar refractivity (Wildman–Crippen MR) is 122 cm³/mol. The zero-order valence-electron chi connectivity index (χ0n) is 20.6. The first-order valence-electron chi connectivity index (χ1n) is 13.5. The Hall–Kier alpha value is -0.180. The molecule has 5 aliphatic rings. The molecule has 3 heteroatoms. The lowest BCUT2D eigenvalue weighted by atomic mass is 9.44. The van der Waals surface area contributed by atoms with Gasteiger partial charge in [-0.05, 0) is 97.7 Å². The lowest BCUT2D eigenvalue weighted by molar-refractivity contribution is -0.151. The van der Waals surface area contributed by atoms with Crippen molar-refractivity contribution in [3.63, 3.8) is 0 Å². The first kappa shape index (κ1) is 22.6. The largest absolute Gasteiger partial charge is 0.393 e. The third-order valence-corrected chi connectivity index (χ3v) is 12.1. The molecular weight excluding hydrogens is 390 g/mol. The summed E-state index contributed by atoms with van der Waals surface area (Å²) in [5.74, 6) is 0.865. The number of hydrogen-bond donors (Lipinski definition) is 1. The van der Waals surface area contributed by atoms with E-state index in [1.165, 1.54) is 38.5 Å². The highest BCUT2D eigenvalue weighted by atomic mass is 19.3. The van der Waals surface area contributed by atoms with Crippen LogP contribution in [0, 0.1) is 57.7 Å². The van der Waals surface area contributed by atoms with Gasteiger partial charge in [0, 0.05) is 5.92 Å². The Morgan fingerprint density at radius 2 is 1.68 bits per heavy atom. The molecule has 5 fully saturated rings. The number of halogens is 2. The van der Waals surface area contributed by atoms with Crippen molar-refractivity contribution in [2.24, 2.45) is 57.7 Å². The summed E-state index contributed by atoms with van der Waals surface area (Å²) in [6.07, 6.45) is 11.0. The molecule has 0 aromatic heterocycles. The Morgan fingerprint density at radius 3 is 2.39 bits per heavy atom. The number of hydrogen-bond acceptors (Lipinski definition) is 1. The minimum Gasteiger partial charge on any atom is -0.393 e. The molecule has 10 atom stereocenters. The highest BCUT2D eigenvalue weighted by Gasteiger charge is 2.89. The normalized spacial score (nSPS) is 53.3. The molecule has 5 aliphatic carbocycles. The first-order chi connectivity index (χ1) is 14.5. The second-order valence-corrected chi connectivity index (χ2v) is 13.6. The summed E-state index contributed by atoms with van der Waals surface area (Å²) in [4.78, 5) is 0. The van der Waals surface area contributed by atoms with E-state index in [4.69, 9.17) is 0 Å². The molecule has 1 N–H and O–H groups in total. The summed E-state index contributed by atoms with van der Waals surface area (Å²) in [6, 6.07) is 0. The van der Waals surface area contributed by atoms with Gasteiger partial charge in [-0.2, -0.15) is 0 Å². The molecule has 1 nitrogen and oxygen atoms in total. The van der Waals surface area contributed by atoms with Crippen LogP contribution < -0.4 is 0 Å². The molecule has 31 heavy (non-hydrogen) atoms. The van der Waals surface area contributed by atoms with E-state index in [1.54, 1.807) is 0 Å². The summed E-state index contributed by atoms with van der Waals surface area (Å²) in [6.45, 7) is 11.9. The summed E-state index contributed by atoms with van der Waals surface area (Å²) < 4.78 is 30.8. The Balaban J connectivity index is 1.38. The fourth-order valence-electron chi connectivity index (χ4n) is 10.6. The van der Waals surface area contributed by atoms with Crippen molar-refractivity contribution in [3.05, 3.63) is 0 Å². The molecule has 0 aromatic carbocycles. The maximum absolute atomic E-state index is 15.4. The van der Waals surface area contributed by atoms with Crippen molar-refractivity contribution >= 4 is 0 Å². The van der Waals surface area contributed by atoms with Gasteiger partial charge in [0.05, 0.1) is 11.5 Å². The van der Waals surface area contributed by atoms with Crippen molar-refractivity contribution < 1.29 is 13.9 Å². The second kappa shape index (κ2) is 7.16. The molecule has 0 bridgehead atoms. The molecule has 5 saturated carbocycles. The minimum absolute atomic E-state index is 0.272. The van der Waals surface area contributed by atoms with E-state index in [2.05, 4.69) is 34.6 Å². The minimum atomic E-state index is -2.56. The topological polar surface area (TPSA) is 20.2 Å². The molecule has 5 rings (SSSR count). The van der Waals surface area contributed by atoms with Gasteiger partial charge in [-0.3, -0.25) is 0 Å². The quantitative estimate of drug-likeness (QED) is 0.468. The van der Waals surface area contributed by atoms with Gasteiger partial charge in [-0.25, -0.2) is 8.78 Å². The molecule has 0 heterocycles. The van der Waals surface area contributed by atoms with Crippen LogP contribution in [0.2, 0.25) is 0 Å². The van der Waals surface area contributed by atoms with E-state index < -0.39 is 23.4 Å². The van der Waals surface area contributed by atoms with Crippen LogP contribution in [0.4, 0.5) is 8.78 Å². The Kier molecular flexibility index (Phi) is 5.22. The van der Waals surface area contributed by atoms with Crippen molar-refractivity contribution in [1.29, 1.82) is 0 Å². The lowest BCUT2D eigenvalue weighted by Crippen LogP contribution is -2.55. The second-order valence-electron chi connectivity index (χ2n) is 13.6. The molecule has 1 spiro atoms. The van der Waals surface area contributed by atoms with E-state index in [0.29, 0.717) is 29.6 Å². The van der Waals surface area contributed by atoms with Gasteiger partial charge in [-0.15, -0.1) is 0 Å². The molecule has 178 valence electrons. The summed E-state index contributed by atoms with van der Waals surface area (Å²) in [7, 11) is 0. The highest BCUT2D eigenvalue weighted by molar-refractivity contribution is 5.31. The van der Waals surface area contributed by atoms with E-state index in [9.17, 15) is 5.11 Å². The predicted octanol–water partition coefficient (Wildman–Crippen LogP) is 7.71. The highest BCUT2D eigenvalue weighted by Crippen LogP contribution is 2.86. The van der Waals surface area contributed by atoms with Crippen molar-refractivity contribution in [1.82, 2.24) is 0 Å². The fourth-order valence-corrected chi connectivity index (χ4v) is 10.6. The molecule has 0 aromatic rings. The van der Waals surface area contributed by atoms with Crippen LogP contribution in [0.15, 0.2) is 0 Å². The molecule has 0 saturated heterocycles. The number of rotatable bonds is 5. The van der Waals surface area contributed by atoms with Crippen molar-refractivity contribution in [3.8, 4) is 0 Å². The number of aliphatic hydroxyl groups is 1. The van der Waals surface area contributed by atoms with E-state index >= 15 is 8.78 Å². The molecule has 0 amide bonds. The van der Waals surface area contributed by atoms with Crippen LogP contribution in [0.5, 0.6) is 0 Å². The molecule has 2 unspecified atom stereocenters. The maximum atomic E-state index is 15.4. The van der Waals surface area contributed by atoms with Crippen LogP contribution in [-0.2, 0) is 0 Å². The van der Waals surface area contributed by atoms with Crippen LogP contribution >= 0.6 is 0 Å². The number of alkyl halides is 2. The fraction of sp³-hybridized carbons (Fsp3) is 1.00. The van der Waals surface area contributed by atoms with Crippen LogP contribution in [0.3, 0.4) is 0 Å². The summed E-state index contributed by atoms with van der Waals surface area (Å²) >= 11 is 0. The van der Waals surface area contributed by atoms with Gasteiger partial charge in [-0.1, -0.05) is 53.9 Å². The third kappa shape index (κ3) is 2.86. The molecular formula is C28H46F2O. The van der Waals surface area contributed by atoms with Gasteiger partial charge >= 0.3 is 0 Å². The van der Waals surface area contributed by atoms with E-state index in [0.717, 1.165) is 43.4 Å². The van der Waals surface area contributed by atoms with E-state index in [1.807, 2.05) is 0 Å². The standard InChI is InChI=1S/C28H46F2O/c1-17(2)7-6-8-18(3)21-9-10-22-20-15-24-27(28(24,29)30)16-19(31)11-14-26(27,5)23(20)12-13-25(21,22)4/h17-24,31H,6-16H2,1-5H3/t18-,19+,20+,21-,22+,23+,24?,25-,26-,27?/m1/s1. The molecule has 0 radical (unpaired) electrons. The smallest absolute Gasteiger partial charge is 0.258 e. The average Bonchev–Trinajstić information content (AvgIpc) is 2.97. The Bertz CT molecular complexity index is 705.